The van der Waals surface area contributed by atoms with Crippen molar-refractivity contribution in [3.05, 3.63) is 59.0 Å². The predicted octanol–water partition coefficient (Wildman–Crippen LogP) is 3.63. The maximum atomic E-state index is 5.99. The number of halogens is 1. The Hall–Kier alpha value is -2.44. The molecule has 0 unspecified atom stereocenters. The third-order valence-corrected chi connectivity index (χ3v) is 3.85. The molecule has 1 aromatic carbocycles. The molecule has 0 aliphatic rings. The zero-order chi connectivity index (χ0) is 17.5. The predicted molar refractivity (Wildman–Crippen MR) is 96.8 cm³/mol. The summed E-state index contributed by atoms with van der Waals surface area (Å²) in [6.45, 7) is 1.33. The first-order chi connectivity index (χ1) is 12.2. The van der Waals surface area contributed by atoms with Crippen molar-refractivity contribution in [2.24, 2.45) is 0 Å². The number of pyridine rings is 1. The zero-order valence-corrected chi connectivity index (χ0v) is 14.7. The van der Waals surface area contributed by atoms with E-state index in [-0.39, 0.29) is 0 Å². The van der Waals surface area contributed by atoms with Crippen molar-refractivity contribution < 1.29 is 9.26 Å². The van der Waals surface area contributed by atoms with Crippen LogP contribution in [0.2, 0.25) is 5.02 Å². The number of anilines is 1. The van der Waals surface area contributed by atoms with Gasteiger partial charge in [-0.2, -0.15) is 4.98 Å². The van der Waals surface area contributed by atoms with E-state index in [9.17, 15) is 0 Å². The van der Waals surface area contributed by atoms with E-state index in [1.165, 1.54) is 5.56 Å². The fourth-order valence-electron chi connectivity index (χ4n) is 2.32. The lowest BCUT2D eigenvalue weighted by Gasteiger charge is -2.06. The van der Waals surface area contributed by atoms with Gasteiger partial charge in [-0.3, -0.25) is 0 Å². The van der Waals surface area contributed by atoms with Gasteiger partial charge in [-0.1, -0.05) is 28.9 Å². The maximum absolute atomic E-state index is 5.99. The first-order valence-electron chi connectivity index (χ1n) is 8.01. The van der Waals surface area contributed by atoms with Crippen LogP contribution in [-0.4, -0.2) is 35.4 Å². The molecule has 0 fully saturated rings. The highest BCUT2D eigenvalue weighted by Gasteiger charge is 2.09. The fourth-order valence-corrected chi connectivity index (χ4v) is 2.53. The van der Waals surface area contributed by atoms with Crippen LogP contribution in [0.15, 0.2) is 47.1 Å². The molecule has 0 radical (unpaired) electrons. The Morgan fingerprint density at radius 1 is 1.20 bits per heavy atom. The second-order valence-corrected chi connectivity index (χ2v) is 5.93. The second-order valence-electron chi connectivity index (χ2n) is 5.50. The zero-order valence-electron chi connectivity index (χ0n) is 13.9. The van der Waals surface area contributed by atoms with Gasteiger partial charge in [0.1, 0.15) is 5.82 Å². The molecule has 2 aromatic heterocycles. The standard InChI is InChI=1S/C18H19ClN4O2/c1-24-10-8-17-22-18(25-23-17)14-5-6-16(21-12-14)20-9-7-13-3-2-4-15(19)11-13/h2-6,11-12H,7-10H2,1H3,(H,20,21). The lowest BCUT2D eigenvalue weighted by molar-refractivity contribution is 0.199. The summed E-state index contributed by atoms with van der Waals surface area (Å²) < 4.78 is 10.3. The van der Waals surface area contributed by atoms with Crippen LogP contribution in [0.25, 0.3) is 11.5 Å². The van der Waals surface area contributed by atoms with Crippen LogP contribution in [0, 0.1) is 0 Å². The van der Waals surface area contributed by atoms with Gasteiger partial charge in [-0.15, -0.1) is 0 Å². The number of benzene rings is 1. The molecule has 3 aromatic rings. The Morgan fingerprint density at radius 3 is 2.88 bits per heavy atom. The molecule has 0 saturated heterocycles. The normalized spacial score (nSPS) is 10.8. The number of hydrogen-bond donors (Lipinski definition) is 1. The minimum atomic E-state index is 0.462. The van der Waals surface area contributed by atoms with Crippen LogP contribution in [0.3, 0.4) is 0 Å². The monoisotopic (exact) mass is 358 g/mol. The lowest BCUT2D eigenvalue weighted by Crippen LogP contribution is -2.06. The van der Waals surface area contributed by atoms with Gasteiger partial charge in [0.25, 0.3) is 5.89 Å². The SMILES string of the molecule is COCCc1noc(-c2ccc(NCCc3cccc(Cl)c3)nc2)n1. The van der Waals surface area contributed by atoms with Crippen LogP contribution in [0.4, 0.5) is 5.82 Å². The lowest BCUT2D eigenvalue weighted by atomic mass is 10.1. The van der Waals surface area contributed by atoms with E-state index in [1.54, 1.807) is 13.3 Å². The molecule has 3 rings (SSSR count). The van der Waals surface area contributed by atoms with Gasteiger partial charge < -0.3 is 14.6 Å². The molecule has 0 aliphatic carbocycles. The van der Waals surface area contributed by atoms with Gasteiger partial charge in [0, 0.05) is 31.3 Å². The Kier molecular flexibility index (Phi) is 5.98. The minimum Gasteiger partial charge on any atom is -0.384 e. The second kappa shape index (κ2) is 8.60. The summed E-state index contributed by atoms with van der Waals surface area (Å²) in [5.41, 5.74) is 1.97. The Bertz CT molecular complexity index is 805. The van der Waals surface area contributed by atoms with Gasteiger partial charge >= 0.3 is 0 Å². The third-order valence-electron chi connectivity index (χ3n) is 3.62. The van der Waals surface area contributed by atoms with Crippen LogP contribution >= 0.6 is 11.6 Å². The average molecular weight is 359 g/mol. The molecule has 130 valence electrons. The third kappa shape index (κ3) is 5.01. The highest BCUT2D eigenvalue weighted by Crippen LogP contribution is 2.18. The highest BCUT2D eigenvalue weighted by atomic mass is 35.5. The molecule has 7 heteroatoms. The van der Waals surface area contributed by atoms with E-state index in [2.05, 4.69) is 26.5 Å². The maximum Gasteiger partial charge on any atom is 0.259 e. The summed E-state index contributed by atoms with van der Waals surface area (Å²) in [6, 6.07) is 11.7. The number of nitrogens with one attached hydrogen (secondary N) is 1. The summed E-state index contributed by atoms with van der Waals surface area (Å²) >= 11 is 5.99. The van der Waals surface area contributed by atoms with Crippen molar-refractivity contribution in [3.8, 4) is 11.5 Å². The van der Waals surface area contributed by atoms with E-state index < -0.39 is 0 Å². The van der Waals surface area contributed by atoms with E-state index in [0.717, 1.165) is 29.4 Å². The van der Waals surface area contributed by atoms with Gasteiger partial charge in [0.15, 0.2) is 5.82 Å². The van der Waals surface area contributed by atoms with Crippen molar-refractivity contribution in [1.82, 2.24) is 15.1 Å². The number of rotatable bonds is 8. The molecule has 0 bridgehead atoms. The highest BCUT2D eigenvalue weighted by molar-refractivity contribution is 6.30. The summed E-state index contributed by atoms with van der Waals surface area (Å²) in [7, 11) is 1.64. The molecule has 0 aliphatic heterocycles. The molecular weight excluding hydrogens is 340 g/mol. The fraction of sp³-hybridized carbons (Fsp3) is 0.278. The van der Waals surface area contributed by atoms with Gasteiger partial charge in [0.05, 0.1) is 12.2 Å². The molecule has 0 amide bonds. The average Bonchev–Trinajstić information content (AvgIpc) is 3.10. The summed E-state index contributed by atoms with van der Waals surface area (Å²) in [6.07, 6.45) is 3.21. The number of nitrogens with zero attached hydrogens (tertiary/aromatic N) is 3. The van der Waals surface area contributed by atoms with Crippen molar-refractivity contribution in [2.45, 2.75) is 12.8 Å². The number of methoxy groups -OCH3 is 1. The Labute approximate surface area is 151 Å². The van der Waals surface area contributed by atoms with Crippen LogP contribution < -0.4 is 5.32 Å². The number of hydrogen-bond acceptors (Lipinski definition) is 6. The first-order valence-corrected chi connectivity index (χ1v) is 8.38. The molecule has 6 nitrogen and oxygen atoms in total. The van der Waals surface area contributed by atoms with Crippen molar-refractivity contribution >= 4 is 17.4 Å². The Balaban J connectivity index is 1.54. The molecule has 1 N–H and O–H groups in total. The van der Waals surface area contributed by atoms with Crippen molar-refractivity contribution in [2.75, 3.05) is 25.6 Å². The molecule has 25 heavy (non-hydrogen) atoms. The molecular formula is C18H19ClN4O2. The van der Waals surface area contributed by atoms with E-state index in [4.69, 9.17) is 20.9 Å². The Morgan fingerprint density at radius 2 is 2.12 bits per heavy atom. The minimum absolute atomic E-state index is 0.462. The molecule has 0 spiro atoms. The van der Waals surface area contributed by atoms with Gasteiger partial charge in [0.2, 0.25) is 0 Å². The van der Waals surface area contributed by atoms with Crippen molar-refractivity contribution in [1.29, 1.82) is 0 Å². The van der Waals surface area contributed by atoms with E-state index >= 15 is 0 Å². The van der Waals surface area contributed by atoms with Crippen LogP contribution in [-0.2, 0) is 17.6 Å². The van der Waals surface area contributed by atoms with Crippen molar-refractivity contribution in [3.63, 3.8) is 0 Å². The summed E-state index contributed by atoms with van der Waals surface area (Å²) in [5, 5.41) is 7.96. The van der Waals surface area contributed by atoms with Crippen LogP contribution in [0.1, 0.15) is 11.4 Å². The largest absolute Gasteiger partial charge is 0.384 e. The van der Waals surface area contributed by atoms with E-state index in [1.807, 2.05) is 30.3 Å². The number of aromatic nitrogens is 3. The summed E-state index contributed by atoms with van der Waals surface area (Å²) in [5.74, 6) is 1.88. The molecule has 0 atom stereocenters. The van der Waals surface area contributed by atoms with Gasteiger partial charge in [-0.25, -0.2) is 4.98 Å². The first kappa shape index (κ1) is 17.4. The van der Waals surface area contributed by atoms with Gasteiger partial charge in [-0.05, 0) is 36.2 Å². The topological polar surface area (TPSA) is 73.1 Å². The van der Waals surface area contributed by atoms with Crippen LogP contribution in [0.5, 0.6) is 0 Å². The summed E-state index contributed by atoms with van der Waals surface area (Å²) in [4.78, 5) is 8.71. The number of ether oxygens (including phenoxy) is 1. The molecule has 2 heterocycles. The van der Waals surface area contributed by atoms with E-state index in [0.29, 0.717) is 24.7 Å². The smallest absolute Gasteiger partial charge is 0.259 e. The quantitative estimate of drug-likeness (QED) is 0.663. The molecule has 0 saturated carbocycles.